The number of anilines is 1. The lowest BCUT2D eigenvalue weighted by Gasteiger charge is -2.24. The number of benzene rings is 1. The maximum absolute atomic E-state index is 12.1. The third-order valence-electron chi connectivity index (χ3n) is 5.50. The van der Waals surface area contributed by atoms with Crippen molar-refractivity contribution in [1.82, 2.24) is 15.5 Å². The molecule has 3 rings (SSSR count). The molecule has 158 valence electrons. The SMILES string of the molecule is CCNC(=NCc1cccc(NC(=O)C2CCC2)c1)NCCCN1CCCC1=O. The molecule has 29 heavy (non-hydrogen) atoms. The Morgan fingerprint density at radius 1 is 1.24 bits per heavy atom. The molecule has 0 aromatic heterocycles. The summed E-state index contributed by atoms with van der Waals surface area (Å²) in [5.74, 6) is 1.35. The van der Waals surface area contributed by atoms with Crippen molar-refractivity contribution in [3.63, 3.8) is 0 Å². The van der Waals surface area contributed by atoms with E-state index in [2.05, 4.69) is 20.9 Å². The first kappa shape index (κ1) is 21.1. The van der Waals surface area contributed by atoms with Crippen LogP contribution in [0.4, 0.5) is 5.69 Å². The Kier molecular flexibility index (Phi) is 7.90. The molecule has 0 radical (unpaired) electrons. The van der Waals surface area contributed by atoms with Gasteiger partial charge in [-0.1, -0.05) is 18.6 Å². The van der Waals surface area contributed by atoms with Gasteiger partial charge in [0, 0.05) is 44.2 Å². The van der Waals surface area contributed by atoms with E-state index in [-0.39, 0.29) is 17.7 Å². The van der Waals surface area contributed by atoms with E-state index in [1.165, 1.54) is 0 Å². The summed E-state index contributed by atoms with van der Waals surface area (Å²) in [6.07, 6.45) is 5.73. The molecule has 2 fully saturated rings. The van der Waals surface area contributed by atoms with Crippen molar-refractivity contribution in [3.8, 4) is 0 Å². The summed E-state index contributed by atoms with van der Waals surface area (Å²) >= 11 is 0. The molecule has 7 heteroatoms. The van der Waals surface area contributed by atoms with E-state index in [9.17, 15) is 9.59 Å². The summed E-state index contributed by atoms with van der Waals surface area (Å²) < 4.78 is 0. The molecule has 2 aliphatic rings. The van der Waals surface area contributed by atoms with Crippen molar-refractivity contribution in [2.24, 2.45) is 10.9 Å². The van der Waals surface area contributed by atoms with Crippen molar-refractivity contribution >= 4 is 23.5 Å². The second-order valence-corrected chi connectivity index (χ2v) is 7.78. The lowest BCUT2D eigenvalue weighted by atomic mass is 9.85. The maximum Gasteiger partial charge on any atom is 0.227 e. The number of amides is 2. The van der Waals surface area contributed by atoms with Gasteiger partial charge < -0.3 is 20.9 Å². The van der Waals surface area contributed by atoms with Crippen LogP contribution in [0.1, 0.15) is 51.0 Å². The zero-order chi connectivity index (χ0) is 20.5. The van der Waals surface area contributed by atoms with Gasteiger partial charge in [0.1, 0.15) is 0 Å². The third kappa shape index (κ3) is 6.48. The Hall–Kier alpha value is -2.57. The summed E-state index contributed by atoms with van der Waals surface area (Å²) in [7, 11) is 0. The fourth-order valence-electron chi connectivity index (χ4n) is 3.59. The molecule has 0 unspecified atom stereocenters. The minimum atomic E-state index is 0.128. The first-order valence-corrected chi connectivity index (χ1v) is 10.9. The van der Waals surface area contributed by atoms with Gasteiger partial charge in [0.2, 0.25) is 11.8 Å². The van der Waals surface area contributed by atoms with E-state index in [0.29, 0.717) is 13.0 Å². The predicted molar refractivity (Wildman–Crippen MR) is 116 cm³/mol. The Labute approximate surface area is 173 Å². The standard InChI is InChI=1S/C22H33N5O2/c1-2-23-22(24-12-6-14-27-13-5-11-20(27)28)25-16-17-7-3-10-19(15-17)26-21(29)18-8-4-9-18/h3,7,10,15,18H,2,4-6,8-9,11-14,16H2,1H3,(H,26,29)(H2,23,24,25). The van der Waals surface area contributed by atoms with E-state index < -0.39 is 0 Å². The number of likely N-dealkylation sites (tertiary alicyclic amines) is 1. The van der Waals surface area contributed by atoms with Gasteiger partial charge in [0.15, 0.2) is 5.96 Å². The molecular weight excluding hydrogens is 366 g/mol. The predicted octanol–water partition coefficient (Wildman–Crippen LogP) is 2.49. The largest absolute Gasteiger partial charge is 0.357 e. The summed E-state index contributed by atoms with van der Waals surface area (Å²) in [5, 5.41) is 9.61. The zero-order valence-corrected chi connectivity index (χ0v) is 17.4. The Morgan fingerprint density at radius 3 is 2.79 bits per heavy atom. The fourth-order valence-corrected chi connectivity index (χ4v) is 3.59. The normalized spacial score (nSPS) is 17.2. The molecular formula is C22H33N5O2. The number of rotatable bonds is 9. The molecule has 0 spiro atoms. The first-order valence-electron chi connectivity index (χ1n) is 10.9. The molecule has 1 aromatic rings. The molecule has 0 bridgehead atoms. The summed E-state index contributed by atoms with van der Waals surface area (Å²) in [5.41, 5.74) is 1.89. The molecule has 7 nitrogen and oxygen atoms in total. The van der Waals surface area contributed by atoms with Gasteiger partial charge in [-0.3, -0.25) is 9.59 Å². The van der Waals surface area contributed by atoms with Crippen LogP contribution in [0, 0.1) is 5.92 Å². The Balaban J connectivity index is 1.46. The molecule has 1 saturated carbocycles. The Bertz CT molecular complexity index is 730. The van der Waals surface area contributed by atoms with Gasteiger partial charge in [-0.25, -0.2) is 4.99 Å². The number of hydrogen-bond acceptors (Lipinski definition) is 3. The van der Waals surface area contributed by atoms with Crippen LogP contribution in [0.2, 0.25) is 0 Å². The lowest BCUT2D eigenvalue weighted by molar-refractivity contribution is -0.127. The van der Waals surface area contributed by atoms with Crippen molar-refractivity contribution in [2.75, 3.05) is 31.5 Å². The van der Waals surface area contributed by atoms with Gasteiger partial charge in [-0.15, -0.1) is 0 Å². The summed E-state index contributed by atoms with van der Waals surface area (Å²) in [6.45, 7) is 5.82. The Morgan fingerprint density at radius 2 is 2.10 bits per heavy atom. The molecule has 1 saturated heterocycles. The van der Waals surface area contributed by atoms with Crippen LogP contribution in [0.15, 0.2) is 29.3 Å². The topological polar surface area (TPSA) is 85.8 Å². The van der Waals surface area contributed by atoms with Crippen LogP contribution in [-0.4, -0.2) is 48.9 Å². The summed E-state index contributed by atoms with van der Waals surface area (Å²) in [6, 6.07) is 7.88. The van der Waals surface area contributed by atoms with E-state index in [1.54, 1.807) is 0 Å². The summed E-state index contributed by atoms with van der Waals surface area (Å²) in [4.78, 5) is 30.4. The number of carbonyl (C=O) groups is 2. The average Bonchev–Trinajstić information content (AvgIpc) is 3.07. The fraction of sp³-hybridized carbons (Fsp3) is 0.591. The quantitative estimate of drug-likeness (QED) is 0.338. The highest BCUT2D eigenvalue weighted by atomic mass is 16.2. The van der Waals surface area contributed by atoms with Gasteiger partial charge in [-0.05, 0) is 50.3 Å². The number of nitrogens with one attached hydrogen (secondary N) is 3. The van der Waals surface area contributed by atoms with E-state index in [1.807, 2.05) is 36.1 Å². The van der Waals surface area contributed by atoms with Gasteiger partial charge >= 0.3 is 0 Å². The third-order valence-corrected chi connectivity index (χ3v) is 5.50. The number of carbonyl (C=O) groups excluding carboxylic acids is 2. The highest BCUT2D eigenvalue weighted by Crippen LogP contribution is 2.27. The van der Waals surface area contributed by atoms with Crippen LogP contribution >= 0.6 is 0 Å². The minimum Gasteiger partial charge on any atom is -0.357 e. The highest BCUT2D eigenvalue weighted by Gasteiger charge is 2.25. The van der Waals surface area contributed by atoms with E-state index in [0.717, 1.165) is 75.5 Å². The van der Waals surface area contributed by atoms with E-state index >= 15 is 0 Å². The first-order chi connectivity index (χ1) is 14.2. The zero-order valence-electron chi connectivity index (χ0n) is 17.4. The van der Waals surface area contributed by atoms with Crippen molar-refractivity contribution in [2.45, 2.75) is 52.0 Å². The van der Waals surface area contributed by atoms with Gasteiger partial charge in [0.05, 0.1) is 6.54 Å². The smallest absolute Gasteiger partial charge is 0.227 e. The highest BCUT2D eigenvalue weighted by molar-refractivity contribution is 5.93. The number of aliphatic imine (C=N–C) groups is 1. The number of hydrogen-bond donors (Lipinski definition) is 3. The minimum absolute atomic E-state index is 0.128. The van der Waals surface area contributed by atoms with Crippen LogP contribution in [0.5, 0.6) is 0 Å². The molecule has 1 aliphatic carbocycles. The lowest BCUT2D eigenvalue weighted by Crippen LogP contribution is -2.39. The molecule has 1 heterocycles. The second-order valence-electron chi connectivity index (χ2n) is 7.78. The van der Waals surface area contributed by atoms with Crippen LogP contribution < -0.4 is 16.0 Å². The molecule has 0 atom stereocenters. The molecule has 1 aromatic carbocycles. The maximum atomic E-state index is 12.1. The number of nitrogens with zero attached hydrogens (tertiary/aromatic N) is 2. The molecule has 1 aliphatic heterocycles. The van der Waals surface area contributed by atoms with Crippen LogP contribution in [0.3, 0.4) is 0 Å². The average molecular weight is 400 g/mol. The van der Waals surface area contributed by atoms with Crippen molar-refractivity contribution in [1.29, 1.82) is 0 Å². The molecule has 3 N–H and O–H groups in total. The van der Waals surface area contributed by atoms with Gasteiger partial charge in [-0.2, -0.15) is 0 Å². The molecule has 2 amide bonds. The van der Waals surface area contributed by atoms with Crippen molar-refractivity contribution in [3.05, 3.63) is 29.8 Å². The second kappa shape index (κ2) is 10.8. The number of guanidine groups is 1. The van der Waals surface area contributed by atoms with Crippen molar-refractivity contribution < 1.29 is 9.59 Å². The van der Waals surface area contributed by atoms with Crippen LogP contribution in [-0.2, 0) is 16.1 Å². The van der Waals surface area contributed by atoms with E-state index in [4.69, 9.17) is 0 Å². The van der Waals surface area contributed by atoms with Crippen LogP contribution in [0.25, 0.3) is 0 Å². The van der Waals surface area contributed by atoms with Gasteiger partial charge in [0.25, 0.3) is 0 Å². The monoisotopic (exact) mass is 399 g/mol.